The van der Waals surface area contributed by atoms with Crippen molar-refractivity contribution in [2.24, 2.45) is 0 Å². The molecule has 0 aliphatic heterocycles. The molecule has 1 unspecified atom stereocenters. The average molecular weight is 337 g/mol. The molecular formula is C20H19NO4. The SMILES string of the molecule is Cc1ccc(OC(C)C(=O)OCc2ncc(-c3ccccc3)o2)cc1. The Hall–Kier alpha value is -3.08. The fourth-order valence-electron chi connectivity index (χ4n) is 2.23. The fourth-order valence-corrected chi connectivity index (χ4v) is 2.23. The van der Waals surface area contributed by atoms with Gasteiger partial charge >= 0.3 is 5.97 Å². The Morgan fingerprint density at radius 1 is 1.12 bits per heavy atom. The number of aromatic nitrogens is 1. The normalized spacial score (nSPS) is 11.8. The Labute approximate surface area is 146 Å². The lowest BCUT2D eigenvalue weighted by Gasteiger charge is -2.13. The molecule has 0 aliphatic rings. The minimum atomic E-state index is -0.716. The van der Waals surface area contributed by atoms with Gasteiger partial charge in [-0.3, -0.25) is 0 Å². The summed E-state index contributed by atoms with van der Waals surface area (Å²) in [6.07, 6.45) is 0.899. The molecule has 0 N–H and O–H groups in total. The summed E-state index contributed by atoms with van der Waals surface area (Å²) in [6.45, 7) is 3.60. The van der Waals surface area contributed by atoms with E-state index in [0.29, 0.717) is 17.4 Å². The van der Waals surface area contributed by atoms with Gasteiger partial charge in [0.25, 0.3) is 0 Å². The number of carbonyl (C=O) groups is 1. The van der Waals surface area contributed by atoms with Crippen molar-refractivity contribution in [3.8, 4) is 17.1 Å². The highest BCUT2D eigenvalue weighted by molar-refractivity contribution is 5.74. The van der Waals surface area contributed by atoms with Crippen LogP contribution in [0.25, 0.3) is 11.3 Å². The first-order chi connectivity index (χ1) is 12.1. The molecule has 2 aromatic carbocycles. The Morgan fingerprint density at radius 2 is 1.84 bits per heavy atom. The molecular weight excluding hydrogens is 318 g/mol. The van der Waals surface area contributed by atoms with Crippen molar-refractivity contribution in [3.05, 3.63) is 72.2 Å². The van der Waals surface area contributed by atoms with E-state index in [-0.39, 0.29) is 6.61 Å². The highest BCUT2D eigenvalue weighted by atomic mass is 16.6. The van der Waals surface area contributed by atoms with Crippen molar-refractivity contribution >= 4 is 5.97 Å². The van der Waals surface area contributed by atoms with Crippen LogP contribution in [0.15, 0.2) is 65.2 Å². The molecule has 0 saturated carbocycles. The number of rotatable bonds is 6. The minimum Gasteiger partial charge on any atom is -0.479 e. The first kappa shape index (κ1) is 16.8. The van der Waals surface area contributed by atoms with Crippen LogP contribution in [0.5, 0.6) is 5.75 Å². The fraction of sp³-hybridized carbons (Fsp3) is 0.200. The maximum atomic E-state index is 12.0. The van der Waals surface area contributed by atoms with E-state index in [2.05, 4.69) is 4.98 Å². The lowest BCUT2D eigenvalue weighted by molar-refractivity contribution is -0.153. The van der Waals surface area contributed by atoms with E-state index >= 15 is 0 Å². The number of ether oxygens (including phenoxy) is 2. The highest BCUT2D eigenvalue weighted by Crippen LogP contribution is 2.20. The zero-order chi connectivity index (χ0) is 17.6. The Balaban J connectivity index is 1.53. The molecule has 0 aliphatic carbocycles. The predicted molar refractivity (Wildman–Crippen MR) is 93.0 cm³/mol. The standard InChI is InChI=1S/C20H19NO4/c1-14-8-10-17(11-9-14)24-15(2)20(22)23-13-19-21-12-18(25-19)16-6-4-3-5-7-16/h3-12,15H,13H2,1-2H3. The van der Waals surface area contributed by atoms with Crippen LogP contribution >= 0.6 is 0 Å². The number of hydrogen-bond acceptors (Lipinski definition) is 5. The van der Waals surface area contributed by atoms with Crippen molar-refractivity contribution in [2.45, 2.75) is 26.6 Å². The second kappa shape index (κ2) is 7.66. The van der Waals surface area contributed by atoms with Crippen molar-refractivity contribution in [1.29, 1.82) is 0 Å². The first-order valence-electron chi connectivity index (χ1n) is 8.02. The molecule has 5 nitrogen and oxygen atoms in total. The second-order valence-corrected chi connectivity index (χ2v) is 5.67. The quantitative estimate of drug-likeness (QED) is 0.632. The van der Waals surface area contributed by atoms with Gasteiger partial charge in [0.2, 0.25) is 5.89 Å². The van der Waals surface area contributed by atoms with Crippen LogP contribution in [0.1, 0.15) is 18.4 Å². The zero-order valence-corrected chi connectivity index (χ0v) is 14.1. The monoisotopic (exact) mass is 337 g/mol. The van der Waals surface area contributed by atoms with Crippen LogP contribution in [-0.4, -0.2) is 17.1 Å². The van der Waals surface area contributed by atoms with Crippen LogP contribution in [0, 0.1) is 6.92 Å². The molecule has 1 aromatic heterocycles. The van der Waals surface area contributed by atoms with Gasteiger partial charge in [0.05, 0.1) is 6.20 Å². The van der Waals surface area contributed by atoms with Crippen molar-refractivity contribution in [2.75, 3.05) is 0 Å². The summed E-state index contributed by atoms with van der Waals surface area (Å²) in [5.41, 5.74) is 2.05. The molecule has 25 heavy (non-hydrogen) atoms. The number of benzene rings is 2. The summed E-state index contributed by atoms with van der Waals surface area (Å²) in [5.74, 6) is 1.13. The topological polar surface area (TPSA) is 61.6 Å². The van der Waals surface area contributed by atoms with Crippen LogP contribution in [-0.2, 0) is 16.1 Å². The van der Waals surface area contributed by atoms with E-state index in [1.54, 1.807) is 13.1 Å². The largest absolute Gasteiger partial charge is 0.479 e. The number of esters is 1. The van der Waals surface area contributed by atoms with E-state index in [1.165, 1.54) is 0 Å². The van der Waals surface area contributed by atoms with Gasteiger partial charge in [-0.05, 0) is 26.0 Å². The lowest BCUT2D eigenvalue weighted by Crippen LogP contribution is -2.26. The molecule has 5 heteroatoms. The smallest absolute Gasteiger partial charge is 0.347 e. The van der Waals surface area contributed by atoms with Gasteiger partial charge in [-0.15, -0.1) is 0 Å². The van der Waals surface area contributed by atoms with E-state index in [1.807, 2.05) is 61.5 Å². The highest BCUT2D eigenvalue weighted by Gasteiger charge is 2.17. The van der Waals surface area contributed by atoms with Crippen LogP contribution < -0.4 is 4.74 Å². The maximum Gasteiger partial charge on any atom is 0.347 e. The van der Waals surface area contributed by atoms with Gasteiger partial charge in [-0.25, -0.2) is 9.78 Å². The summed E-state index contributed by atoms with van der Waals surface area (Å²) in [5, 5.41) is 0. The number of hydrogen-bond donors (Lipinski definition) is 0. The number of aryl methyl sites for hydroxylation is 1. The minimum absolute atomic E-state index is 0.0345. The molecule has 0 fully saturated rings. The van der Waals surface area contributed by atoms with Crippen LogP contribution in [0.3, 0.4) is 0 Å². The van der Waals surface area contributed by atoms with Gasteiger partial charge in [-0.1, -0.05) is 48.0 Å². The Morgan fingerprint density at radius 3 is 2.56 bits per heavy atom. The van der Waals surface area contributed by atoms with E-state index < -0.39 is 12.1 Å². The summed E-state index contributed by atoms with van der Waals surface area (Å²) >= 11 is 0. The van der Waals surface area contributed by atoms with Crippen LogP contribution in [0.2, 0.25) is 0 Å². The molecule has 1 atom stereocenters. The molecule has 128 valence electrons. The molecule has 0 radical (unpaired) electrons. The van der Waals surface area contributed by atoms with Gasteiger partial charge in [0, 0.05) is 5.56 Å². The number of oxazole rings is 1. The van der Waals surface area contributed by atoms with Gasteiger partial charge in [-0.2, -0.15) is 0 Å². The number of nitrogens with zero attached hydrogens (tertiary/aromatic N) is 1. The van der Waals surface area contributed by atoms with Gasteiger partial charge in [0.1, 0.15) is 5.75 Å². The van der Waals surface area contributed by atoms with Crippen molar-refractivity contribution in [3.63, 3.8) is 0 Å². The maximum absolute atomic E-state index is 12.0. The molecule has 0 saturated heterocycles. The summed E-state index contributed by atoms with van der Waals surface area (Å²) in [4.78, 5) is 16.2. The Bertz CT molecular complexity index is 824. The molecule has 0 spiro atoms. The predicted octanol–water partition coefficient (Wildman–Crippen LogP) is 4.16. The third-order valence-corrected chi connectivity index (χ3v) is 3.62. The van der Waals surface area contributed by atoms with E-state index in [4.69, 9.17) is 13.9 Å². The Kier molecular flexibility index (Phi) is 5.14. The summed E-state index contributed by atoms with van der Waals surface area (Å²) in [7, 11) is 0. The summed E-state index contributed by atoms with van der Waals surface area (Å²) in [6, 6.07) is 17.1. The molecule has 3 aromatic rings. The first-order valence-corrected chi connectivity index (χ1v) is 8.02. The second-order valence-electron chi connectivity index (χ2n) is 5.67. The van der Waals surface area contributed by atoms with Crippen LogP contribution in [0.4, 0.5) is 0 Å². The third-order valence-electron chi connectivity index (χ3n) is 3.62. The van der Waals surface area contributed by atoms with Gasteiger partial charge < -0.3 is 13.9 Å². The van der Waals surface area contributed by atoms with E-state index in [9.17, 15) is 4.79 Å². The summed E-state index contributed by atoms with van der Waals surface area (Å²) < 4.78 is 16.4. The molecule has 3 rings (SSSR count). The zero-order valence-electron chi connectivity index (χ0n) is 14.1. The molecule has 0 amide bonds. The molecule has 1 heterocycles. The third kappa shape index (κ3) is 4.47. The molecule has 0 bridgehead atoms. The lowest BCUT2D eigenvalue weighted by atomic mass is 10.2. The van der Waals surface area contributed by atoms with Crippen molar-refractivity contribution < 1.29 is 18.7 Å². The van der Waals surface area contributed by atoms with Gasteiger partial charge in [0.15, 0.2) is 18.5 Å². The van der Waals surface area contributed by atoms with E-state index in [0.717, 1.165) is 11.1 Å². The average Bonchev–Trinajstić information content (AvgIpc) is 3.11. The number of carbonyl (C=O) groups excluding carboxylic acids is 1. The van der Waals surface area contributed by atoms with Crippen molar-refractivity contribution in [1.82, 2.24) is 4.98 Å².